The number of rotatable bonds is 4. The fraction of sp³-hybridized carbons (Fsp3) is 0.889. The predicted octanol–water partition coefficient (Wildman–Crippen LogP) is 0.920. The van der Waals surface area contributed by atoms with Gasteiger partial charge in [-0.2, -0.15) is 0 Å². The summed E-state index contributed by atoms with van der Waals surface area (Å²) in [6.07, 6.45) is 0.910. The first-order valence-electron chi connectivity index (χ1n) is 4.36. The molecule has 12 heavy (non-hydrogen) atoms. The number of carbonyl (C=O) groups excluding carboxylic acids is 1. The van der Waals surface area contributed by atoms with Crippen molar-refractivity contribution < 1.29 is 9.90 Å². The minimum atomic E-state index is -0.663. The van der Waals surface area contributed by atoms with Crippen molar-refractivity contribution in [3.8, 4) is 0 Å². The zero-order valence-corrected chi connectivity index (χ0v) is 8.35. The van der Waals surface area contributed by atoms with Crippen LogP contribution >= 0.6 is 0 Å². The molecule has 0 radical (unpaired) electrons. The van der Waals surface area contributed by atoms with Crippen molar-refractivity contribution in [1.82, 2.24) is 5.32 Å². The minimum absolute atomic E-state index is 0.0839. The lowest BCUT2D eigenvalue weighted by molar-refractivity contribution is -0.131. The van der Waals surface area contributed by atoms with Gasteiger partial charge in [-0.1, -0.05) is 6.92 Å². The molecule has 0 saturated heterocycles. The number of hydrogen-bond acceptors (Lipinski definition) is 2. The van der Waals surface area contributed by atoms with Gasteiger partial charge in [0.1, 0.15) is 0 Å². The Balaban J connectivity index is 4.03. The van der Waals surface area contributed by atoms with Crippen molar-refractivity contribution >= 4 is 5.91 Å². The van der Waals surface area contributed by atoms with Crippen LogP contribution in [0.25, 0.3) is 0 Å². The van der Waals surface area contributed by atoms with Gasteiger partial charge in [0.25, 0.3) is 0 Å². The molecule has 0 fully saturated rings. The van der Waals surface area contributed by atoms with Gasteiger partial charge in [-0.3, -0.25) is 4.79 Å². The molecule has 0 aliphatic rings. The first-order valence-corrected chi connectivity index (χ1v) is 4.36. The molecule has 3 heteroatoms. The zero-order valence-electron chi connectivity index (χ0n) is 8.35. The van der Waals surface area contributed by atoms with Gasteiger partial charge in [-0.25, -0.2) is 0 Å². The minimum Gasteiger partial charge on any atom is -0.395 e. The number of hydrogen-bond donors (Lipinski definition) is 2. The first kappa shape index (κ1) is 11.4. The van der Waals surface area contributed by atoms with Gasteiger partial charge >= 0.3 is 0 Å². The Morgan fingerprint density at radius 1 is 1.58 bits per heavy atom. The van der Waals surface area contributed by atoms with E-state index in [-0.39, 0.29) is 18.6 Å². The Labute approximate surface area is 74.2 Å². The predicted molar refractivity (Wildman–Crippen MR) is 48.8 cm³/mol. The maximum atomic E-state index is 11.4. The average molecular weight is 173 g/mol. The normalized spacial score (nSPS) is 14.1. The average Bonchev–Trinajstić information content (AvgIpc) is 2.04. The molecule has 1 atom stereocenters. The monoisotopic (exact) mass is 173 g/mol. The van der Waals surface area contributed by atoms with Crippen LogP contribution in [-0.4, -0.2) is 23.7 Å². The van der Waals surface area contributed by atoms with Crippen LogP contribution in [0.3, 0.4) is 0 Å². The quantitative estimate of drug-likeness (QED) is 0.664. The molecule has 0 aromatic heterocycles. The Morgan fingerprint density at radius 2 is 2.08 bits per heavy atom. The molecule has 0 saturated carbocycles. The van der Waals surface area contributed by atoms with Crippen LogP contribution in [0.5, 0.6) is 0 Å². The second-order valence-electron chi connectivity index (χ2n) is 3.82. The van der Waals surface area contributed by atoms with Gasteiger partial charge in [0, 0.05) is 6.04 Å². The van der Waals surface area contributed by atoms with E-state index in [4.69, 9.17) is 5.11 Å². The Kier molecular flexibility index (Phi) is 4.24. The van der Waals surface area contributed by atoms with Crippen LogP contribution in [0, 0.1) is 5.41 Å². The summed E-state index contributed by atoms with van der Waals surface area (Å²) >= 11 is 0. The van der Waals surface area contributed by atoms with E-state index < -0.39 is 5.41 Å². The SMILES string of the molecule is CC[C@@H](C)NC(=O)C(C)(C)CO. The maximum absolute atomic E-state index is 11.4. The summed E-state index contributed by atoms with van der Waals surface area (Å²) in [5.41, 5.74) is -0.663. The Bertz CT molecular complexity index is 155. The van der Waals surface area contributed by atoms with Crippen molar-refractivity contribution in [2.75, 3.05) is 6.61 Å². The summed E-state index contributed by atoms with van der Waals surface area (Å²) in [5.74, 6) is -0.0839. The van der Waals surface area contributed by atoms with Gasteiger partial charge < -0.3 is 10.4 Å². The molecule has 3 nitrogen and oxygen atoms in total. The number of nitrogens with one attached hydrogen (secondary N) is 1. The van der Waals surface area contributed by atoms with Crippen molar-refractivity contribution in [1.29, 1.82) is 0 Å². The van der Waals surface area contributed by atoms with E-state index in [1.807, 2.05) is 13.8 Å². The first-order chi connectivity index (χ1) is 5.44. The standard InChI is InChI=1S/C9H19NO2/c1-5-7(2)10-8(12)9(3,4)6-11/h7,11H,5-6H2,1-4H3,(H,10,12)/t7-/m1/s1. The van der Waals surface area contributed by atoms with E-state index in [1.165, 1.54) is 0 Å². The van der Waals surface area contributed by atoms with Gasteiger partial charge in [0.15, 0.2) is 0 Å². The summed E-state index contributed by atoms with van der Waals surface area (Å²) < 4.78 is 0. The number of amides is 1. The van der Waals surface area contributed by atoms with E-state index >= 15 is 0 Å². The molecule has 0 aliphatic heterocycles. The van der Waals surface area contributed by atoms with E-state index in [1.54, 1.807) is 13.8 Å². The summed E-state index contributed by atoms with van der Waals surface area (Å²) in [4.78, 5) is 11.4. The lowest BCUT2D eigenvalue weighted by atomic mass is 9.93. The third kappa shape index (κ3) is 3.22. The van der Waals surface area contributed by atoms with Gasteiger partial charge in [0.05, 0.1) is 12.0 Å². The zero-order chi connectivity index (χ0) is 9.78. The van der Waals surface area contributed by atoms with Crippen molar-refractivity contribution in [3.63, 3.8) is 0 Å². The highest BCUT2D eigenvalue weighted by Gasteiger charge is 2.26. The molecule has 0 rings (SSSR count). The van der Waals surface area contributed by atoms with Crippen LogP contribution in [0.1, 0.15) is 34.1 Å². The third-order valence-electron chi connectivity index (χ3n) is 2.00. The molecule has 0 aliphatic carbocycles. The lowest BCUT2D eigenvalue weighted by Gasteiger charge is -2.23. The molecule has 0 bridgehead atoms. The van der Waals surface area contributed by atoms with Crippen LogP contribution in [0.15, 0.2) is 0 Å². The fourth-order valence-corrected chi connectivity index (χ4v) is 0.593. The second kappa shape index (κ2) is 4.45. The summed E-state index contributed by atoms with van der Waals surface area (Å²) in [6, 6.07) is 0.184. The number of aliphatic hydroxyl groups is 1. The topological polar surface area (TPSA) is 49.3 Å². The molecule has 0 aromatic carbocycles. The Hall–Kier alpha value is -0.570. The summed E-state index contributed by atoms with van der Waals surface area (Å²) in [6.45, 7) is 7.30. The number of carbonyl (C=O) groups is 1. The summed E-state index contributed by atoms with van der Waals surface area (Å²) in [5, 5.41) is 11.7. The van der Waals surface area contributed by atoms with Crippen LogP contribution in [0.4, 0.5) is 0 Å². The second-order valence-corrected chi connectivity index (χ2v) is 3.82. The number of aliphatic hydroxyl groups excluding tert-OH is 1. The maximum Gasteiger partial charge on any atom is 0.228 e. The van der Waals surface area contributed by atoms with Crippen molar-refractivity contribution in [3.05, 3.63) is 0 Å². The molecule has 2 N–H and O–H groups in total. The van der Waals surface area contributed by atoms with E-state index in [9.17, 15) is 4.79 Å². The van der Waals surface area contributed by atoms with Crippen molar-refractivity contribution in [2.24, 2.45) is 5.41 Å². The molecule has 0 heterocycles. The third-order valence-corrected chi connectivity index (χ3v) is 2.00. The van der Waals surface area contributed by atoms with Gasteiger partial charge in [-0.05, 0) is 27.2 Å². The smallest absolute Gasteiger partial charge is 0.228 e. The highest BCUT2D eigenvalue weighted by molar-refractivity contribution is 5.82. The molecule has 1 amide bonds. The van der Waals surface area contributed by atoms with Crippen LogP contribution in [-0.2, 0) is 4.79 Å². The molecule has 0 spiro atoms. The largest absolute Gasteiger partial charge is 0.395 e. The highest BCUT2D eigenvalue weighted by Crippen LogP contribution is 2.13. The van der Waals surface area contributed by atoms with Crippen LogP contribution in [0.2, 0.25) is 0 Å². The van der Waals surface area contributed by atoms with Gasteiger partial charge in [-0.15, -0.1) is 0 Å². The van der Waals surface area contributed by atoms with Crippen molar-refractivity contribution in [2.45, 2.75) is 40.2 Å². The van der Waals surface area contributed by atoms with E-state index in [0.717, 1.165) is 6.42 Å². The molecule has 72 valence electrons. The highest BCUT2D eigenvalue weighted by atomic mass is 16.3. The Morgan fingerprint density at radius 3 is 2.42 bits per heavy atom. The lowest BCUT2D eigenvalue weighted by Crippen LogP contribution is -2.43. The molecular weight excluding hydrogens is 154 g/mol. The molecular formula is C9H19NO2. The van der Waals surface area contributed by atoms with Crippen LogP contribution < -0.4 is 5.32 Å². The molecule has 0 unspecified atom stereocenters. The van der Waals surface area contributed by atoms with E-state index in [2.05, 4.69) is 5.32 Å². The fourth-order valence-electron chi connectivity index (χ4n) is 0.593. The van der Waals surface area contributed by atoms with E-state index in [0.29, 0.717) is 0 Å². The molecule has 0 aromatic rings. The summed E-state index contributed by atoms with van der Waals surface area (Å²) in [7, 11) is 0. The van der Waals surface area contributed by atoms with Gasteiger partial charge in [0.2, 0.25) is 5.91 Å².